The Morgan fingerprint density at radius 1 is 0.667 bits per heavy atom. The number of halogens is 2. The zero-order chi connectivity index (χ0) is 21.3. The first kappa shape index (κ1) is 20.6. The Labute approximate surface area is 187 Å². The Hall–Kier alpha value is -2.68. The molecule has 1 aromatic heterocycles. The molecule has 150 valence electrons. The number of rotatable bonds is 4. The predicted octanol–water partition coefficient (Wildman–Crippen LogP) is 8.22. The Kier molecular flexibility index (Phi) is 5.90. The molecule has 0 saturated heterocycles. The van der Waals surface area contributed by atoms with E-state index in [2.05, 4.69) is 55.2 Å². The van der Waals surface area contributed by atoms with Gasteiger partial charge in [0.2, 0.25) is 0 Å². The molecule has 4 aromatic rings. The third-order valence-corrected chi connectivity index (χ3v) is 5.95. The van der Waals surface area contributed by atoms with E-state index in [1.54, 1.807) is 0 Å². The summed E-state index contributed by atoms with van der Waals surface area (Å²) in [6, 6.07) is 24.1. The maximum Gasteiger partial charge on any atom is 0.102 e. The van der Waals surface area contributed by atoms with Crippen molar-refractivity contribution in [1.82, 2.24) is 10.2 Å². The Bertz CT molecular complexity index is 1220. The van der Waals surface area contributed by atoms with E-state index in [9.17, 15) is 0 Å². The molecule has 0 radical (unpaired) electrons. The van der Waals surface area contributed by atoms with Gasteiger partial charge in [0.1, 0.15) is 5.69 Å². The van der Waals surface area contributed by atoms with Crippen LogP contribution in [0.5, 0.6) is 0 Å². The highest BCUT2D eigenvalue weighted by Gasteiger charge is 2.18. The lowest BCUT2D eigenvalue weighted by Crippen LogP contribution is -1.99. The van der Waals surface area contributed by atoms with E-state index in [1.165, 1.54) is 11.1 Å². The molecule has 1 heterocycles. The molecule has 0 N–H and O–H groups in total. The second kappa shape index (κ2) is 8.59. The number of benzene rings is 3. The van der Waals surface area contributed by atoms with Crippen molar-refractivity contribution in [3.05, 3.63) is 94.0 Å². The topological polar surface area (TPSA) is 25.8 Å². The third-order valence-electron chi connectivity index (χ3n) is 5.29. The zero-order valence-corrected chi connectivity index (χ0v) is 18.7. The smallest absolute Gasteiger partial charge is 0.102 e. The van der Waals surface area contributed by atoms with Gasteiger partial charge in [-0.05, 0) is 47.7 Å². The highest BCUT2D eigenvalue weighted by molar-refractivity contribution is 6.33. The van der Waals surface area contributed by atoms with Crippen LogP contribution in [0.1, 0.15) is 30.9 Å². The fraction of sp³-hybridized carbons (Fsp3) is 0.154. The van der Waals surface area contributed by atoms with Crippen LogP contribution in [-0.4, -0.2) is 10.2 Å². The summed E-state index contributed by atoms with van der Waals surface area (Å²) in [4.78, 5) is 0. The van der Waals surface area contributed by atoms with Crippen molar-refractivity contribution in [3.63, 3.8) is 0 Å². The maximum absolute atomic E-state index is 6.53. The van der Waals surface area contributed by atoms with Crippen molar-refractivity contribution in [2.45, 2.75) is 26.7 Å². The number of hydrogen-bond acceptors (Lipinski definition) is 2. The van der Waals surface area contributed by atoms with E-state index in [0.29, 0.717) is 16.0 Å². The van der Waals surface area contributed by atoms with Crippen molar-refractivity contribution < 1.29 is 0 Å². The van der Waals surface area contributed by atoms with E-state index < -0.39 is 0 Å². The Balaban J connectivity index is 2.01. The number of aryl methyl sites for hydroxylation is 1. The quantitative estimate of drug-likeness (QED) is 0.324. The maximum atomic E-state index is 6.53. The average molecular weight is 433 g/mol. The molecule has 0 bridgehead atoms. The second-order valence-corrected chi connectivity index (χ2v) is 8.50. The van der Waals surface area contributed by atoms with Crippen LogP contribution in [0.15, 0.2) is 72.8 Å². The standard InChI is InChI=1S/C26H22Cl2N2/c1-16(2)18-13-12-17(3)21(14-18)22-15-25(19-8-4-6-10-23(19)27)29-30-26(22)20-9-5-7-11-24(20)28/h4-16H,1-3H3. The summed E-state index contributed by atoms with van der Waals surface area (Å²) in [5.41, 5.74) is 7.79. The van der Waals surface area contributed by atoms with Crippen LogP contribution in [0.4, 0.5) is 0 Å². The molecule has 3 aromatic carbocycles. The van der Waals surface area contributed by atoms with Crippen LogP contribution < -0.4 is 0 Å². The lowest BCUT2D eigenvalue weighted by atomic mass is 9.91. The van der Waals surface area contributed by atoms with Crippen molar-refractivity contribution >= 4 is 23.2 Å². The average Bonchev–Trinajstić information content (AvgIpc) is 2.74. The van der Waals surface area contributed by atoms with Gasteiger partial charge in [-0.1, -0.05) is 91.6 Å². The van der Waals surface area contributed by atoms with Crippen LogP contribution in [0.2, 0.25) is 10.0 Å². The molecule has 4 rings (SSSR count). The van der Waals surface area contributed by atoms with Crippen molar-refractivity contribution in [1.29, 1.82) is 0 Å². The van der Waals surface area contributed by atoms with Gasteiger partial charge in [-0.15, -0.1) is 10.2 Å². The van der Waals surface area contributed by atoms with Crippen LogP contribution in [0, 0.1) is 6.92 Å². The van der Waals surface area contributed by atoms with Crippen LogP contribution in [0.3, 0.4) is 0 Å². The molecule has 0 unspecified atom stereocenters. The lowest BCUT2D eigenvalue weighted by Gasteiger charge is -2.16. The van der Waals surface area contributed by atoms with Crippen molar-refractivity contribution in [3.8, 4) is 33.6 Å². The van der Waals surface area contributed by atoms with E-state index in [1.807, 2.05) is 48.5 Å². The minimum absolute atomic E-state index is 0.422. The van der Waals surface area contributed by atoms with E-state index in [0.717, 1.165) is 33.6 Å². The first-order valence-corrected chi connectivity index (χ1v) is 10.7. The largest absolute Gasteiger partial charge is 0.150 e. The second-order valence-electron chi connectivity index (χ2n) is 7.68. The molecule has 0 atom stereocenters. The molecule has 0 amide bonds. The summed E-state index contributed by atoms with van der Waals surface area (Å²) < 4.78 is 0. The molecule has 4 heteroatoms. The summed E-state index contributed by atoms with van der Waals surface area (Å²) in [7, 11) is 0. The van der Waals surface area contributed by atoms with Crippen LogP contribution in [0.25, 0.3) is 33.6 Å². The predicted molar refractivity (Wildman–Crippen MR) is 127 cm³/mol. The first-order valence-electron chi connectivity index (χ1n) is 9.94. The van der Waals surface area contributed by atoms with E-state index >= 15 is 0 Å². The molecule has 0 aliphatic heterocycles. The van der Waals surface area contributed by atoms with Gasteiger partial charge in [-0.25, -0.2) is 0 Å². The summed E-state index contributed by atoms with van der Waals surface area (Å²) in [5.74, 6) is 0.422. The SMILES string of the molecule is Cc1ccc(C(C)C)cc1-c1cc(-c2ccccc2Cl)nnc1-c1ccccc1Cl. The number of hydrogen-bond donors (Lipinski definition) is 0. The fourth-order valence-corrected chi connectivity index (χ4v) is 4.00. The fourth-order valence-electron chi connectivity index (χ4n) is 3.54. The van der Waals surface area contributed by atoms with Gasteiger partial charge in [-0.2, -0.15) is 0 Å². The number of nitrogens with zero attached hydrogens (tertiary/aromatic N) is 2. The van der Waals surface area contributed by atoms with Gasteiger partial charge < -0.3 is 0 Å². The summed E-state index contributed by atoms with van der Waals surface area (Å²) in [6.45, 7) is 6.51. The zero-order valence-electron chi connectivity index (χ0n) is 17.2. The van der Waals surface area contributed by atoms with Gasteiger partial charge in [0.15, 0.2) is 0 Å². The molecule has 30 heavy (non-hydrogen) atoms. The summed E-state index contributed by atoms with van der Waals surface area (Å²) in [6.07, 6.45) is 0. The Morgan fingerprint density at radius 3 is 1.93 bits per heavy atom. The molecule has 0 saturated carbocycles. The summed E-state index contributed by atoms with van der Waals surface area (Å²) >= 11 is 13.0. The molecule has 0 spiro atoms. The van der Waals surface area contributed by atoms with Crippen LogP contribution in [-0.2, 0) is 0 Å². The van der Waals surface area contributed by atoms with Crippen molar-refractivity contribution in [2.24, 2.45) is 0 Å². The minimum atomic E-state index is 0.422. The van der Waals surface area contributed by atoms with Crippen LogP contribution >= 0.6 is 23.2 Å². The monoisotopic (exact) mass is 432 g/mol. The Morgan fingerprint density at radius 2 is 1.30 bits per heavy atom. The van der Waals surface area contributed by atoms with E-state index in [4.69, 9.17) is 23.2 Å². The van der Waals surface area contributed by atoms with Gasteiger partial charge in [-0.3, -0.25) is 0 Å². The highest BCUT2D eigenvalue weighted by Crippen LogP contribution is 2.39. The molecule has 0 aliphatic carbocycles. The van der Waals surface area contributed by atoms with Gasteiger partial charge in [0, 0.05) is 16.7 Å². The van der Waals surface area contributed by atoms with Gasteiger partial charge >= 0.3 is 0 Å². The van der Waals surface area contributed by atoms with E-state index in [-0.39, 0.29) is 0 Å². The minimum Gasteiger partial charge on any atom is -0.150 e. The lowest BCUT2D eigenvalue weighted by molar-refractivity contribution is 0.866. The van der Waals surface area contributed by atoms with Gasteiger partial charge in [0.25, 0.3) is 0 Å². The van der Waals surface area contributed by atoms with Crippen molar-refractivity contribution in [2.75, 3.05) is 0 Å². The molecule has 2 nitrogen and oxygen atoms in total. The van der Waals surface area contributed by atoms with Gasteiger partial charge in [0.05, 0.1) is 15.7 Å². The molecule has 0 fully saturated rings. The normalized spacial score (nSPS) is 11.1. The third kappa shape index (κ3) is 3.98. The number of aromatic nitrogens is 2. The molecular weight excluding hydrogens is 411 g/mol. The molecule has 0 aliphatic rings. The molecular formula is C26H22Cl2N2. The summed E-state index contributed by atoms with van der Waals surface area (Å²) in [5, 5.41) is 10.4. The highest BCUT2D eigenvalue weighted by atomic mass is 35.5. The first-order chi connectivity index (χ1) is 14.5.